The minimum absolute atomic E-state index is 0.0364. The molecule has 1 N–H and O–H groups in total. The molecule has 2 aromatic carbocycles. The van der Waals surface area contributed by atoms with Gasteiger partial charge in [-0.25, -0.2) is 14.4 Å². The van der Waals surface area contributed by atoms with Crippen LogP contribution in [-0.4, -0.2) is 42.1 Å². The number of hydrogen-bond acceptors (Lipinski definition) is 6. The Balaban J connectivity index is 1.66. The molecule has 8 heteroatoms. The lowest BCUT2D eigenvalue weighted by molar-refractivity contribution is 0.250. The lowest BCUT2D eigenvalue weighted by Crippen LogP contribution is -2.29. The molecule has 3 aromatic rings. The molecule has 162 valence electrons. The zero-order valence-corrected chi connectivity index (χ0v) is 18.4. The number of anilines is 2. The third-order valence-electron chi connectivity index (χ3n) is 5.42. The topological polar surface area (TPSA) is 59.5 Å². The molecule has 0 aliphatic heterocycles. The molecular weight excluding hydrogens is 419 g/mol. The minimum atomic E-state index is -0.475. The molecule has 1 atom stereocenters. The zero-order valence-electron chi connectivity index (χ0n) is 17.7. The van der Waals surface area contributed by atoms with E-state index in [9.17, 15) is 4.39 Å². The molecular formula is C23H24ClFN4O2. The van der Waals surface area contributed by atoms with Crippen LogP contribution in [0, 0.1) is 5.82 Å². The first-order valence-electron chi connectivity index (χ1n) is 10.0. The predicted molar refractivity (Wildman–Crippen MR) is 121 cm³/mol. The van der Waals surface area contributed by atoms with Crippen molar-refractivity contribution < 1.29 is 13.9 Å². The SMILES string of the molecule is COc1cc2ncnc(Nc3ccc(F)c(Cl)c3)c2cc1OC1=CCC(N(C)C)CC1. The highest BCUT2D eigenvalue weighted by atomic mass is 35.5. The Kier molecular flexibility index (Phi) is 6.25. The third-order valence-corrected chi connectivity index (χ3v) is 5.71. The lowest BCUT2D eigenvalue weighted by atomic mass is 9.99. The van der Waals surface area contributed by atoms with Gasteiger partial charge in [-0.05, 0) is 57.3 Å². The first-order chi connectivity index (χ1) is 14.9. The van der Waals surface area contributed by atoms with Crippen LogP contribution >= 0.6 is 11.6 Å². The van der Waals surface area contributed by atoms with Crippen LogP contribution in [0.15, 0.2) is 48.5 Å². The number of rotatable bonds is 6. The first kappa shape index (κ1) is 21.3. The molecule has 1 unspecified atom stereocenters. The van der Waals surface area contributed by atoms with Crippen molar-refractivity contribution in [2.24, 2.45) is 0 Å². The number of hydrogen-bond donors (Lipinski definition) is 1. The summed E-state index contributed by atoms with van der Waals surface area (Å²) >= 11 is 5.91. The van der Waals surface area contributed by atoms with Gasteiger partial charge in [0.1, 0.15) is 23.7 Å². The van der Waals surface area contributed by atoms with Gasteiger partial charge in [0.15, 0.2) is 11.5 Å². The summed E-state index contributed by atoms with van der Waals surface area (Å²) in [6.45, 7) is 0. The average Bonchev–Trinajstić information content (AvgIpc) is 2.76. The van der Waals surface area contributed by atoms with Crippen LogP contribution < -0.4 is 14.8 Å². The standard InChI is InChI=1S/C23H24ClFN4O2/c1-29(2)15-5-7-16(8-6-15)31-22-11-17-20(12-21(22)30-3)26-13-27-23(17)28-14-4-9-19(25)18(24)10-14/h4,7,9-13,15H,5-6,8H2,1-3H3,(H,26,27,28). The second-order valence-corrected chi connectivity index (χ2v) is 8.07. The predicted octanol–water partition coefficient (Wildman–Crippen LogP) is 5.55. The largest absolute Gasteiger partial charge is 0.493 e. The maximum absolute atomic E-state index is 13.5. The fourth-order valence-electron chi connectivity index (χ4n) is 3.61. The number of methoxy groups -OCH3 is 1. The van der Waals surface area contributed by atoms with Gasteiger partial charge in [0.2, 0.25) is 0 Å². The van der Waals surface area contributed by atoms with Crippen LogP contribution in [0.25, 0.3) is 10.9 Å². The van der Waals surface area contributed by atoms with Crippen LogP contribution in [0.2, 0.25) is 5.02 Å². The second kappa shape index (κ2) is 9.08. The van der Waals surface area contributed by atoms with Crippen LogP contribution in [0.5, 0.6) is 11.5 Å². The molecule has 0 saturated carbocycles. The molecule has 6 nitrogen and oxygen atoms in total. The van der Waals surface area contributed by atoms with Gasteiger partial charge < -0.3 is 19.7 Å². The zero-order chi connectivity index (χ0) is 22.0. The van der Waals surface area contributed by atoms with Gasteiger partial charge in [-0.2, -0.15) is 0 Å². The van der Waals surface area contributed by atoms with E-state index >= 15 is 0 Å². The van der Waals surface area contributed by atoms with Crippen molar-refractivity contribution in [2.45, 2.75) is 25.3 Å². The van der Waals surface area contributed by atoms with E-state index in [-0.39, 0.29) is 5.02 Å². The second-order valence-electron chi connectivity index (χ2n) is 7.66. The van der Waals surface area contributed by atoms with Crippen molar-refractivity contribution in [1.29, 1.82) is 0 Å². The monoisotopic (exact) mass is 442 g/mol. The van der Waals surface area contributed by atoms with E-state index in [0.29, 0.717) is 34.6 Å². The number of nitrogens with one attached hydrogen (secondary N) is 1. The Hall–Kier alpha value is -2.90. The van der Waals surface area contributed by atoms with Crippen molar-refractivity contribution in [1.82, 2.24) is 14.9 Å². The van der Waals surface area contributed by atoms with Crippen molar-refractivity contribution in [2.75, 3.05) is 26.5 Å². The number of halogens is 2. The van der Waals surface area contributed by atoms with Crippen LogP contribution in [0.4, 0.5) is 15.9 Å². The van der Waals surface area contributed by atoms with Gasteiger partial charge in [0, 0.05) is 29.6 Å². The fourth-order valence-corrected chi connectivity index (χ4v) is 3.79. The minimum Gasteiger partial charge on any atom is -0.493 e. The quantitative estimate of drug-likeness (QED) is 0.540. The molecule has 0 fully saturated rings. The van der Waals surface area contributed by atoms with E-state index in [0.717, 1.165) is 30.4 Å². The number of ether oxygens (including phenoxy) is 2. The lowest BCUT2D eigenvalue weighted by Gasteiger charge is -2.27. The van der Waals surface area contributed by atoms with Crippen molar-refractivity contribution in [3.8, 4) is 11.5 Å². The van der Waals surface area contributed by atoms with Gasteiger partial charge in [0.05, 0.1) is 17.6 Å². The number of nitrogens with zero attached hydrogens (tertiary/aromatic N) is 3. The van der Waals surface area contributed by atoms with E-state index in [1.54, 1.807) is 13.2 Å². The Bertz CT molecular complexity index is 1140. The summed E-state index contributed by atoms with van der Waals surface area (Å²) in [5.41, 5.74) is 1.31. The van der Waals surface area contributed by atoms with Crippen LogP contribution in [0.1, 0.15) is 19.3 Å². The Morgan fingerprint density at radius 3 is 2.68 bits per heavy atom. The Labute approximate surface area is 185 Å². The highest BCUT2D eigenvalue weighted by Gasteiger charge is 2.19. The smallest absolute Gasteiger partial charge is 0.169 e. The molecule has 1 aliphatic carbocycles. The summed E-state index contributed by atoms with van der Waals surface area (Å²) in [6, 6.07) is 8.63. The summed E-state index contributed by atoms with van der Waals surface area (Å²) in [6.07, 6.45) is 6.43. The van der Waals surface area contributed by atoms with Crippen LogP contribution in [0.3, 0.4) is 0 Å². The molecule has 31 heavy (non-hydrogen) atoms. The summed E-state index contributed by atoms with van der Waals surface area (Å²) in [4.78, 5) is 10.9. The molecule has 0 radical (unpaired) electrons. The van der Waals surface area contributed by atoms with Crippen LogP contribution in [-0.2, 0) is 0 Å². The summed E-state index contributed by atoms with van der Waals surface area (Å²) in [7, 11) is 5.80. The number of aromatic nitrogens is 2. The molecule has 1 aliphatic rings. The maximum atomic E-state index is 13.5. The van der Waals surface area contributed by atoms with Gasteiger partial charge in [-0.15, -0.1) is 0 Å². The summed E-state index contributed by atoms with van der Waals surface area (Å²) < 4.78 is 25.3. The van der Waals surface area contributed by atoms with Gasteiger partial charge in [-0.3, -0.25) is 0 Å². The van der Waals surface area contributed by atoms with E-state index in [1.165, 1.54) is 18.5 Å². The molecule has 4 rings (SSSR count). The number of allylic oxidation sites excluding steroid dienone is 1. The Morgan fingerprint density at radius 2 is 2.00 bits per heavy atom. The van der Waals surface area contributed by atoms with E-state index in [4.69, 9.17) is 21.1 Å². The molecule has 0 amide bonds. The van der Waals surface area contributed by atoms with Gasteiger partial charge >= 0.3 is 0 Å². The molecule has 0 bridgehead atoms. The summed E-state index contributed by atoms with van der Waals surface area (Å²) in [5, 5.41) is 3.97. The summed E-state index contributed by atoms with van der Waals surface area (Å²) in [5.74, 6) is 2.20. The number of benzene rings is 2. The van der Waals surface area contributed by atoms with Crippen molar-refractivity contribution >= 4 is 34.0 Å². The van der Waals surface area contributed by atoms with Crippen molar-refractivity contribution in [3.63, 3.8) is 0 Å². The highest BCUT2D eigenvalue weighted by molar-refractivity contribution is 6.31. The maximum Gasteiger partial charge on any atom is 0.169 e. The molecule has 0 spiro atoms. The van der Waals surface area contributed by atoms with Crippen molar-refractivity contribution in [3.05, 3.63) is 59.3 Å². The highest BCUT2D eigenvalue weighted by Crippen LogP contribution is 2.37. The van der Waals surface area contributed by atoms with Gasteiger partial charge in [0.25, 0.3) is 0 Å². The molecule has 1 heterocycles. The van der Waals surface area contributed by atoms with E-state index in [2.05, 4.69) is 40.4 Å². The first-order valence-corrected chi connectivity index (χ1v) is 10.4. The van der Waals surface area contributed by atoms with E-state index in [1.807, 2.05) is 12.1 Å². The normalized spacial score (nSPS) is 16.3. The Morgan fingerprint density at radius 1 is 1.16 bits per heavy atom. The van der Waals surface area contributed by atoms with Gasteiger partial charge in [-0.1, -0.05) is 11.6 Å². The third kappa shape index (κ3) is 4.73. The average molecular weight is 443 g/mol. The number of fused-ring (bicyclic) bond motifs is 1. The molecule has 0 saturated heterocycles. The fraction of sp³-hybridized carbons (Fsp3) is 0.304. The molecule has 1 aromatic heterocycles. The van der Waals surface area contributed by atoms with E-state index < -0.39 is 5.82 Å².